The number of anilines is 2. The van der Waals surface area contributed by atoms with E-state index in [1.54, 1.807) is 6.92 Å². The summed E-state index contributed by atoms with van der Waals surface area (Å²) in [6.07, 6.45) is 0. The van der Waals surface area contributed by atoms with Crippen LogP contribution >= 0.6 is 34.1 Å². The Balaban J connectivity index is 2.25. The van der Waals surface area contributed by atoms with E-state index in [1.807, 2.05) is 31.2 Å². The number of nitrogens with zero attached hydrogens (tertiary/aromatic N) is 1. The Bertz CT molecular complexity index is 581. The summed E-state index contributed by atoms with van der Waals surface area (Å²) in [5, 5.41) is 3.93. The average Bonchev–Trinajstić information content (AvgIpc) is 2.74. The zero-order chi connectivity index (χ0) is 13.8. The van der Waals surface area contributed by atoms with Crippen LogP contribution in [-0.4, -0.2) is 16.9 Å². The molecule has 0 saturated heterocycles. The lowest BCUT2D eigenvalue weighted by Gasteiger charge is -2.07. The van der Waals surface area contributed by atoms with Crippen LogP contribution in [0.2, 0.25) is 0 Å². The average molecular weight is 388 g/mol. The third-order valence-corrected chi connectivity index (χ3v) is 4.02. The minimum absolute atomic E-state index is 0.332. The largest absolute Gasteiger partial charge is 0.462 e. The van der Waals surface area contributed by atoms with E-state index < -0.39 is 0 Å². The molecule has 6 heteroatoms. The predicted molar refractivity (Wildman–Crippen MR) is 85.2 cm³/mol. The van der Waals surface area contributed by atoms with Crippen LogP contribution in [0.25, 0.3) is 0 Å². The Morgan fingerprint density at radius 2 is 2.11 bits per heavy atom. The van der Waals surface area contributed by atoms with Crippen molar-refractivity contribution in [3.63, 3.8) is 0 Å². The molecule has 19 heavy (non-hydrogen) atoms. The lowest BCUT2D eigenvalue weighted by molar-refractivity contribution is 0.0527. The van der Waals surface area contributed by atoms with E-state index in [0.29, 0.717) is 17.9 Å². The predicted octanol–water partition coefficient (Wildman–Crippen LogP) is 3.98. The standard InChI is InChI=1S/C13H13IN2O2S/c1-3-18-13(17)11-8(2)16-19-12(11)15-10-6-4-9(14)5-7-10/h4-7,15H,3H2,1-2H3. The first-order chi connectivity index (χ1) is 9.11. The van der Waals surface area contributed by atoms with Crippen molar-refractivity contribution in [3.8, 4) is 0 Å². The first-order valence-electron chi connectivity index (χ1n) is 5.77. The molecule has 100 valence electrons. The number of nitrogens with one attached hydrogen (secondary N) is 1. The van der Waals surface area contributed by atoms with Crippen LogP contribution in [0.1, 0.15) is 23.0 Å². The molecule has 0 radical (unpaired) electrons. The molecule has 1 aromatic carbocycles. The first kappa shape index (κ1) is 14.3. The molecule has 2 aromatic rings. The number of esters is 1. The van der Waals surface area contributed by atoms with Crippen LogP contribution in [0.15, 0.2) is 24.3 Å². The maximum Gasteiger partial charge on any atom is 0.343 e. The van der Waals surface area contributed by atoms with Crippen LogP contribution in [0.3, 0.4) is 0 Å². The fraction of sp³-hybridized carbons (Fsp3) is 0.231. The minimum atomic E-state index is -0.332. The van der Waals surface area contributed by atoms with Gasteiger partial charge in [0.2, 0.25) is 0 Å². The number of hydrogen-bond acceptors (Lipinski definition) is 5. The van der Waals surface area contributed by atoms with Gasteiger partial charge in [0.15, 0.2) is 0 Å². The molecule has 0 atom stereocenters. The lowest BCUT2D eigenvalue weighted by Crippen LogP contribution is -2.07. The Kier molecular flexibility index (Phi) is 4.76. The molecular formula is C13H13IN2O2S. The van der Waals surface area contributed by atoms with Gasteiger partial charge < -0.3 is 10.1 Å². The van der Waals surface area contributed by atoms with Gasteiger partial charge in [-0.1, -0.05) is 0 Å². The van der Waals surface area contributed by atoms with E-state index in [4.69, 9.17) is 4.74 Å². The molecule has 1 heterocycles. The van der Waals surface area contributed by atoms with Crippen LogP contribution in [-0.2, 0) is 4.74 Å². The van der Waals surface area contributed by atoms with Crippen molar-refractivity contribution in [3.05, 3.63) is 39.1 Å². The number of aromatic nitrogens is 1. The van der Waals surface area contributed by atoms with Gasteiger partial charge in [0.25, 0.3) is 0 Å². The van der Waals surface area contributed by atoms with Crippen molar-refractivity contribution in [2.75, 3.05) is 11.9 Å². The molecule has 4 nitrogen and oxygen atoms in total. The summed E-state index contributed by atoms with van der Waals surface area (Å²) in [7, 11) is 0. The van der Waals surface area contributed by atoms with Crippen molar-refractivity contribution >= 4 is 50.8 Å². The van der Waals surface area contributed by atoms with Gasteiger partial charge in [-0.05, 0) is 72.2 Å². The number of benzene rings is 1. The van der Waals surface area contributed by atoms with Gasteiger partial charge in [0, 0.05) is 9.26 Å². The smallest absolute Gasteiger partial charge is 0.343 e. The maximum atomic E-state index is 11.9. The summed E-state index contributed by atoms with van der Waals surface area (Å²) in [4.78, 5) is 11.9. The Hall–Kier alpha value is -1.15. The second kappa shape index (κ2) is 6.33. The van der Waals surface area contributed by atoms with Gasteiger partial charge in [0.1, 0.15) is 10.6 Å². The summed E-state index contributed by atoms with van der Waals surface area (Å²) >= 11 is 3.51. The van der Waals surface area contributed by atoms with E-state index in [9.17, 15) is 4.79 Å². The molecule has 0 amide bonds. The molecule has 2 rings (SSSR count). The topological polar surface area (TPSA) is 51.2 Å². The highest BCUT2D eigenvalue weighted by Gasteiger charge is 2.19. The van der Waals surface area contributed by atoms with E-state index >= 15 is 0 Å². The Morgan fingerprint density at radius 3 is 2.74 bits per heavy atom. The number of aryl methyl sites for hydroxylation is 1. The summed E-state index contributed by atoms with van der Waals surface area (Å²) in [6.45, 7) is 3.96. The fourth-order valence-corrected chi connectivity index (χ4v) is 2.73. The second-order valence-corrected chi connectivity index (χ2v) is 5.84. The summed E-state index contributed by atoms with van der Waals surface area (Å²) in [6, 6.07) is 7.93. The van der Waals surface area contributed by atoms with Crippen molar-refractivity contribution in [1.29, 1.82) is 0 Å². The van der Waals surface area contributed by atoms with E-state index in [2.05, 4.69) is 32.3 Å². The molecule has 0 unspecified atom stereocenters. The molecule has 0 fully saturated rings. The van der Waals surface area contributed by atoms with E-state index in [1.165, 1.54) is 11.5 Å². The Labute approximate surface area is 129 Å². The molecule has 0 aliphatic heterocycles. The third-order valence-electron chi connectivity index (χ3n) is 2.44. The molecule has 0 saturated carbocycles. The van der Waals surface area contributed by atoms with Gasteiger partial charge in [-0.2, -0.15) is 4.37 Å². The van der Waals surface area contributed by atoms with Crippen molar-refractivity contribution in [2.45, 2.75) is 13.8 Å². The third kappa shape index (κ3) is 3.44. The van der Waals surface area contributed by atoms with Crippen LogP contribution in [0.4, 0.5) is 10.7 Å². The minimum Gasteiger partial charge on any atom is -0.462 e. The number of rotatable bonds is 4. The van der Waals surface area contributed by atoms with Gasteiger partial charge in [-0.3, -0.25) is 0 Å². The number of ether oxygens (including phenoxy) is 1. The molecular weight excluding hydrogens is 375 g/mol. The van der Waals surface area contributed by atoms with Crippen LogP contribution in [0, 0.1) is 10.5 Å². The molecule has 1 N–H and O–H groups in total. The van der Waals surface area contributed by atoms with E-state index in [-0.39, 0.29) is 5.97 Å². The number of carbonyl (C=O) groups is 1. The zero-order valence-corrected chi connectivity index (χ0v) is 13.5. The number of carbonyl (C=O) groups excluding carboxylic acids is 1. The van der Waals surface area contributed by atoms with Crippen LogP contribution < -0.4 is 5.32 Å². The highest BCUT2D eigenvalue weighted by Crippen LogP contribution is 2.28. The van der Waals surface area contributed by atoms with Gasteiger partial charge in [0.05, 0.1) is 12.3 Å². The maximum absolute atomic E-state index is 11.9. The van der Waals surface area contributed by atoms with E-state index in [0.717, 1.165) is 14.3 Å². The summed E-state index contributed by atoms with van der Waals surface area (Å²) in [5.41, 5.74) is 2.14. The SMILES string of the molecule is CCOC(=O)c1c(C)nsc1Nc1ccc(I)cc1. The summed E-state index contributed by atoms with van der Waals surface area (Å²) < 4.78 is 10.4. The van der Waals surface area contributed by atoms with Crippen molar-refractivity contribution < 1.29 is 9.53 Å². The van der Waals surface area contributed by atoms with Gasteiger partial charge in [-0.25, -0.2) is 4.79 Å². The first-order valence-corrected chi connectivity index (χ1v) is 7.63. The quantitative estimate of drug-likeness (QED) is 0.636. The number of halogens is 1. The molecule has 1 aromatic heterocycles. The zero-order valence-electron chi connectivity index (χ0n) is 10.6. The van der Waals surface area contributed by atoms with Gasteiger partial charge in [-0.15, -0.1) is 0 Å². The normalized spacial score (nSPS) is 10.3. The highest BCUT2D eigenvalue weighted by atomic mass is 127. The van der Waals surface area contributed by atoms with Gasteiger partial charge >= 0.3 is 5.97 Å². The lowest BCUT2D eigenvalue weighted by atomic mass is 10.2. The summed E-state index contributed by atoms with van der Waals surface area (Å²) in [5.74, 6) is -0.332. The molecule has 0 aliphatic carbocycles. The second-order valence-electron chi connectivity index (χ2n) is 3.82. The molecule has 0 aliphatic rings. The van der Waals surface area contributed by atoms with Crippen LogP contribution in [0.5, 0.6) is 0 Å². The Morgan fingerprint density at radius 1 is 1.42 bits per heavy atom. The molecule has 0 bridgehead atoms. The highest BCUT2D eigenvalue weighted by molar-refractivity contribution is 14.1. The number of hydrogen-bond donors (Lipinski definition) is 1. The fourth-order valence-electron chi connectivity index (χ4n) is 1.56. The van der Waals surface area contributed by atoms with Crippen molar-refractivity contribution in [1.82, 2.24) is 4.37 Å². The van der Waals surface area contributed by atoms with Crippen molar-refractivity contribution in [2.24, 2.45) is 0 Å². The monoisotopic (exact) mass is 388 g/mol. The molecule has 0 spiro atoms.